The quantitative estimate of drug-likeness (QED) is 0.116. The van der Waals surface area contributed by atoms with E-state index >= 15 is 0 Å². The lowest BCUT2D eigenvalue weighted by Gasteiger charge is -2.33. The van der Waals surface area contributed by atoms with Gasteiger partial charge in [0.25, 0.3) is 5.91 Å². The molecule has 1 aliphatic rings. The van der Waals surface area contributed by atoms with E-state index in [4.69, 9.17) is 5.21 Å². The molecule has 1 amide bonds. The molecule has 0 spiro atoms. The highest BCUT2D eigenvalue weighted by Gasteiger charge is 2.24. The van der Waals surface area contributed by atoms with Crippen LogP contribution in [0.1, 0.15) is 39.2 Å². The smallest absolute Gasteiger partial charge is 0.276 e. The fourth-order valence-electron chi connectivity index (χ4n) is 3.95. The van der Waals surface area contributed by atoms with Crippen LogP contribution in [0.2, 0.25) is 0 Å². The second kappa shape index (κ2) is 14.5. The van der Waals surface area contributed by atoms with Crippen molar-refractivity contribution in [3.8, 4) is 11.1 Å². The highest BCUT2D eigenvalue weighted by atomic mass is 32.2. The number of carbonyl (C=O) groups excluding carboxylic acids is 1. The van der Waals surface area contributed by atoms with Crippen LogP contribution in [0.25, 0.3) is 11.1 Å². The Morgan fingerprint density at radius 2 is 1.76 bits per heavy atom. The van der Waals surface area contributed by atoms with Crippen molar-refractivity contribution in [1.29, 1.82) is 0 Å². The van der Waals surface area contributed by atoms with Gasteiger partial charge in [-0.25, -0.2) is 23.6 Å². The third-order valence-corrected chi connectivity index (χ3v) is 7.63. The summed E-state index contributed by atoms with van der Waals surface area (Å²) in [6, 6.07) is 14.9. The number of rotatable bonds is 8. The lowest BCUT2D eigenvalue weighted by Crippen LogP contribution is -2.40. The Bertz CT molecular complexity index is 1210. The molecule has 2 aromatic carbocycles. The van der Waals surface area contributed by atoms with Gasteiger partial charge in [0.15, 0.2) is 0 Å². The number of hydrogen-bond donors (Lipinski definition) is 3. The molecule has 1 aliphatic heterocycles. The van der Waals surface area contributed by atoms with Crippen molar-refractivity contribution in [2.45, 2.75) is 45.4 Å². The summed E-state index contributed by atoms with van der Waals surface area (Å²) >= 11 is 0. The summed E-state index contributed by atoms with van der Waals surface area (Å²) in [7, 11) is -3.67. The number of likely N-dealkylation sites (tertiary alicyclic amines) is 1. The number of aliphatic imine (C=N–C) groups is 1. The van der Waals surface area contributed by atoms with Crippen molar-refractivity contribution in [2.24, 2.45) is 10.9 Å². The monoisotopic (exact) mass is 526 g/mol. The van der Waals surface area contributed by atoms with Gasteiger partial charge in [-0.3, -0.25) is 10.0 Å². The first kappa shape index (κ1) is 30.0. The van der Waals surface area contributed by atoms with Crippen molar-refractivity contribution in [3.05, 3.63) is 78.5 Å². The minimum atomic E-state index is -3.67. The van der Waals surface area contributed by atoms with E-state index in [1.54, 1.807) is 17.6 Å². The molecule has 9 heteroatoms. The number of nitrogens with zero attached hydrogens (tertiary/aromatic N) is 2. The molecule has 0 aromatic heterocycles. The maximum Gasteiger partial charge on any atom is 0.276 e. The zero-order valence-corrected chi connectivity index (χ0v) is 22.9. The maximum atomic E-state index is 13.2. The molecule has 3 rings (SSSR count). The lowest BCUT2D eigenvalue weighted by molar-refractivity contribution is -0.124. The van der Waals surface area contributed by atoms with Crippen molar-refractivity contribution < 1.29 is 18.4 Å². The molecule has 0 aliphatic carbocycles. The number of benzene rings is 2. The summed E-state index contributed by atoms with van der Waals surface area (Å²) in [5.41, 5.74) is 4.38. The number of hydrogen-bond acceptors (Lipinski definition) is 5. The van der Waals surface area contributed by atoms with E-state index < -0.39 is 15.9 Å². The van der Waals surface area contributed by atoms with E-state index in [0.717, 1.165) is 42.9 Å². The third-order valence-electron chi connectivity index (χ3n) is 6.15. The van der Waals surface area contributed by atoms with Crippen LogP contribution in [0.15, 0.2) is 82.8 Å². The molecule has 0 unspecified atom stereocenters. The zero-order valence-electron chi connectivity index (χ0n) is 22.1. The Balaban J connectivity index is 0.00000235. The van der Waals surface area contributed by atoms with E-state index in [1.165, 1.54) is 12.3 Å². The predicted molar refractivity (Wildman–Crippen MR) is 149 cm³/mol. The Hall–Kier alpha value is -3.27. The molecule has 0 atom stereocenters. The number of piperidine rings is 1. The standard InChI is InChI=1S/C26H32N4O4S.C2H6/c1-4-22(26(31)29-32)18-27-20(3)30-15-13-21(14-16-30)17-28-35(33,34)25-8-6-5-7-24(25)23-11-9-19(2)10-12-23;1-2/h4-12,18,21,28,32H,1,13-17H2,2-3H3,(H,29,31);1-2H3/b22-18+,27-20?;. The van der Waals surface area contributed by atoms with Crippen LogP contribution < -0.4 is 10.2 Å². The molecular formula is C28H38N4O4S. The molecular weight excluding hydrogens is 488 g/mol. The molecule has 3 N–H and O–H groups in total. The SMILES string of the molecule is C=C/C(=C\N=C(C)N1CCC(CNS(=O)(=O)c2ccccc2-c2ccc(C)cc2)CC1)C(=O)NO.CC. The van der Waals surface area contributed by atoms with E-state index in [-0.39, 0.29) is 16.4 Å². The van der Waals surface area contributed by atoms with Gasteiger partial charge in [-0.05, 0) is 44.2 Å². The first-order valence-corrected chi connectivity index (χ1v) is 14.0. The summed E-state index contributed by atoms with van der Waals surface area (Å²) in [4.78, 5) is 18.2. The molecule has 8 nitrogen and oxygen atoms in total. The second-order valence-corrected chi connectivity index (χ2v) is 10.3. The number of carbonyl (C=O) groups is 1. The second-order valence-electron chi connectivity index (χ2n) is 8.55. The predicted octanol–water partition coefficient (Wildman–Crippen LogP) is 4.67. The summed E-state index contributed by atoms with van der Waals surface area (Å²) in [6.45, 7) is 13.2. The number of aryl methyl sites for hydroxylation is 1. The maximum absolute atomic E-state index is 13.2. The highest BCUT2D eigenvalue weighted by Crippen LogP contribution is 2.28. The average Bonchev–Trinajstić information content (AvgIpc) is 2.93. The van der Waals surface area contributed by atoms with E-state index in [2.05, 4.69) is 21.2 Å². The molecule has 1 saturated heterocycles. The first-order valence-electron chi connectivity index (χ1n) is 12.5. The van der Waals surface area contributed by atoms with E-state index in [1.807, 2.05) is 64.1 Å². The van der Waals surface area contributed by atoms with Crippen LogP contribution in [0.5, 0.6) is 0 Å². The van der Waals surface area contributed by atoms with Crippen LogP contribution in [-0.2, 0) is 14.8 Å². The molecule has 0 saturated carbocycles. The normalized spacial score (nSPS) is 15.0. The van der Waals surface area contributed by atoms with Crippen molar-refractivity contribution in [1.82, 2.24) is 15.1 Å². The molecule has 2 aromatic rings. The van der Waals surface area contributed by atoms with Crippen molar-refractivity contribution in [2.75, 3.05) is 19.6 Å². The Kier molecular flexibility index (Phi) is 11.7. The molecule has 37 heavy (non-hydrogen) atoms. The minimum Gasteiger partial charge on any atom is -0.360 e. The van der Waals surface area contributed by atoms with Crippen LogP contribution >= 0.6 is 0 Å². The summed E-state index contributed by atoms with van der Waals surface area (Å²) in [5.74, 6) is 0.271. The first-order chi connectivity index (χ1) is 17.7. The number of sulfonamides is 1. The average molecular weight is 527 g/mol. The zero-order chi connectivity index (χ0) is 27.4. The van der Waals surface area contributed by atoms with Gasteiger partial charge in [0.1, 0.15) is 5.84 Å². The topological polar surface area (TPSA) is 111 Å². The van der Waals surface area contributed by atoms with Gasteiger partial charge < -0.3 is 4.90 Å². The number of hydroxylamine groups is 1. The lowest BCUT2D eigenvalue weighted by atomic mass is 9.97. The number of amides is 1. The van der Waals surface area contributed by atoms with E-state index in [0.29, 0.717) is 12.1 Å². The van der Waals surface area contributed by atoms with Crippen molar-refractivity contribution >= 4 is 21.8 Å². The molecule has 1 heterocycles. The van der Waals surface area contributed by atoms with Gasteiger partial charge in [-0.2, -0.15) is 0 Å². The third kappa shape index (κ3) is 8.38. The van der Waals surface area contributed by atoms with Gasteiger partial charge in [-0.15, -0.1) is 0 Å². The summed E-state index contributed by atoms with van der Waals surface area (Å²) in [6.07, 6.45) is 4.30. The number of nitrogens with one attached hydrogen (secondary N) is 2. The fourth-order valence-corrected chi connectivity index (χ4v) is 5.30. The van der Waals surface area contributed by atoms with Crippen LogP contribution in [0.4, 0.5) is 0 Å². The Morgan fingerprint density at radius 1 is 1.14 bits per heavy atom. The molecule has 1 fully saturated rings. The van der Waals surface area contributed by atoms with Gasteiger partial charge in [-0.1, -0.05) is 74.5 Å². The minimum absolute atomic E-state index is 0.155. The Morgan fingerprint density at radius 3 is 2.35 bits per heavy atom. The molecule has 0 radical (unpaired) electrons. The van der Waals surface area contributed by atoms with Gasteiger partial charge in [0.2, 0.25) is 10.0 Å². The summed E-state index contributed by atoms with van der Waals surface area (Å²) < 4.78 is 29.1. The summed E-state index contributed by atoms with van der Waals surface area (Å²) in [5, 5.41) is 8.75. The largest absolute Gasteiger partial charge is 0.360 e. The fraction of sp³-hybridized carbons (Fsp3) is 0.357. The highest BCUT2D eigenvalue weighted by molar-refractivity contribution is 7.89. The molecule has 200 valence electrons. The van der Waals surface area contributed by atoms with Gasteiger partial charge in [0, 0.05) is 31.4 Å². The van der Waals surface area contributed by atoms with E-state index in [9.17, 15) is 13.2 Å². The molecule has 0 bridgehead atoms. The van der Waals surface area contributed by atoms with Gasteiger partial charge >= 0.3 is 0 Å². The van der Waals surface area contributed by atoms with Crippen molar-refractivity contribution in [3.63, 3.8) is 0 Å². The van der Waals surface area contributed by atoms with Crippen LogP contribution in [0.3, 0.4) is 0 Å². The van der Waals surface area contributed by atoms with Crippen LogP contribution in [-0.4, -0.2) is 49.9 Å². The number of amidine groups is 1. The van der Waals surface area contributed by atoms with Crippen LogP contribution in [0, 0.1) is 12.8 Å². The Labute approximate surface area is 220 Å². The van der Waals surface area contributed by atoms with Gasteiger partial charge in [0.05, 0.1) is 10.5 Å².